The Morgan fingerprint density at radius 1 is 0.500 bits per heavy atom. The molecule has 4 aromatic carbocycles. The van der Waals surface area contributed by atoms with Gasteiger partial charge < -0.3 is 37.9 Å². The number of hydrogen-bond donors (Lipinski definition) is 0. The monoisotopic (exact) mass is 710 g/mol. The maximum Gasteiger partial charge on any atom is 0.330 e. The Bertz CT molecular complexity index is 1700. The quantitative estimate of drug-likeness (QED) is 0.0729. The first-order chi connectivity index (χ1) is 25.3. The van der Waals surface area contributed by atoms with Crippen molar-refractivity contribution in [3.63, 3.8) is 0 Å². The van der Waals surface area contributed by atoms with E-state index in [-0.39, 0.29) is 25.0 Å². The highest BCUT2D eigenvalue weighted by Gasteiger charge is 2.26. The first kappa shape index (κ1) is 38.9. The summed E-state index contributed by atoms with van der Waals surface area (Å²) >= 11 is 0. The maximum atomic E-state index is 13.1. The molecule has 0 heterocycles. The predicted molar refractivity (Wildman–Crippen MR) is 199 cm³/mol. The summed E-state index contributed by atoms with van der Waals surface area (Å²) in [6.45, 7) is 0.0928. The van der Waals surface area contributed by atoms with Gasteiger partial charge in [0.05, 0.1) is 55.9 Å². The largest absolute Gasteiger partial charge is 0.497 e. The minimum Gasteiger partial charge on any atom is -0.497 e. The van der Waals surface area contributed by atoms with E-state index in [1.54, 1.807) is 54.8 Å². The van der Waals surface area contributed by atoms with Gasteiger partial charge in [-0.15, -0.1) is 0 Å². The second-order valence-electron chi connectivity index (χ2n) is 11.8. The molecule has 0 spiro atoms. The molecule has 0 saturated carbocycles. The first-order valence-electron chi connectivity index (χ1n) is 16.7. The van der Waals surface area contributed by atoms with Crippen molar-refractivity contribution < 1.29 is 47.5 Å². The molecule has 0 amide bonds. The van der Waals surface area contributed by atoms with E-state index in [1.807, 2.05) is 84.9 Å². The molecule has 0 aliphatic heterocycles. The average Bonchev–Trinajstić information content (AvgIpc) is 3.19. The predicted octanol–water partition coefficient (Wildman–Crippen LogP) is 7.27. The fourth-order valence-electron chi connectivity index (χ4n) is 5.64. The van der Waals surface area contributed by atoms with Gasteiger partial charge in [0.1, 0.15) is 11.5 Å². The van der Waals surface area contributed by atoms with Crippen LogP contribution >= 0.6 is 0 Å². The highest BCUT2D eigenvalue weighted by molar-refractivity contribution is 5.87. The number of carbonyl (C=O) groups excluding carboxylic acids is 2. The zero-order chi connectivity index (χ0) is 37.3. The van der Waals surface area contributed by atoms with Gasteiger partial charge in [0.15, 0.2) is 23.0 Å². The van der Waals surface area contributed by atoms with E-state index in [9.17, 15) is 9.59 Å². The van der Waals surface area contributed by atoms with Crippen LogP contribution in [-0.2, 0) is 31.9 Å². The molecule has 0 aliphatic carbocycles. The van der Waals surface area contributed by atoms with Crippen LogP contribution in [0.4, 0.5) is 0 Å². The minimum atomic E-state index is -0.511. The van der Waals surface area contributed by atoms with E-state index >= 15 is 0 Å². The molecule has 0 aliphatic rings. The Labute approximate surface area is 305 Å². The van der Waals surface area contributed by atoms with Gasteiger partial charge in [0.25, 0.3) is 0 Å². The third kappa shape index (κ3) is 11.6. The molecule has 10 heteroatoms. The summed E-state index contributed by atoms with van der Waals surface area (Å²) in [5, 5.41) is 0. The highest BCUT2D eigenvalue weighted by atomic mass is 16.5. The van der Waals surface area contributed by atoms with Crippen molar-refractivity contribution >= 4 is 24.1 Å². The SMILES string of the molecule is COc1cccc(C=CC(=O)OCC(Cc2ccc(OC)c(OC)c2)C(COC(=O)C=Cc2cccc(OC)c2)Cc2ccc(OC)c(OC)c2)c1. The third-order valence-electron chi connectivity index (χ3n) is 8.45. The Morgan fingerprint density at radius 3 is 1.27 bits per heavy atom. The topological polar surface area (TPSA) is 108 Å². The Morgan fingerprint density at radius 2 is 0.904 bits per heavy atom. The number of carbonyl (C=O) groups is 2. The molecule has 0 fully saturated rings. The number of methoxy groups -OCH3 is 6. The van der Waals surface area contributed by atoms with Gasteiger partial charge in [-0.3, -0.25) is 0 Å². The standard InChI is InChI=1S/C42H46O10/c1-45-35-11-7-9-29(23-35)15-19-41(43)51-27-33(21-31-13-17-37(47-3)39(25-31)49-5)34(22-32-14-18-38(48-4)40(26-32)50-6)28-52-42(44)20-16-30-10-8-12-36(24-30)46-2/h7-20,23-26,33-34H,21-22,27-28H2,1-6H3. The lowest BCUT2D eigenvalue weighted by Gasteiger charge is -2.27. The molecular formula is C42H46O10. The summed E-state index contributed by atoms with van der Waals surface area (Å²) in [7, 11) is 9.48. The summed E-state index contributed by atoms with van der Waals surface area (Å²) in [5.74, 6) is 2.07. The second-order valence-corrected chi connectivity index (χ2v) is 11.8. The fraction of sp³-hybridized carbons (Fsp3) is 0.286. The van der Waals surface area contributed by atoms with E-state index in [4.69, 9.17) is 37.9 Å². The van der Waals surface area contributed by atoms with Gasteiger partial charge in [0.2, 0.25) is 0 Å². The van der Waals surface area contributed by atoms with E-state index in [0.717, 1.165) is 22.3 Å². The molecule has 0 aromatic heterocycles. The number of rotatable bonds is 19. The molecule has 2 atom stereocenters. The second kappa shape index (κ2) is 20.1. The lowest BCUT2D eigenvalue weighted by molar-refractivity contribution is -0.143. The van der Waals surface area contributed by atoms with Crippen LogP contribution in [0.1, 0.15) is 22.3 Å². The molecule has 2 unspecified atom stereocenters. The summed E-state index contributed by atoms with van der Waals surface area (Å²) in [6.07, 6.45) is 7.06. The summed E-state index contributed by atoms with van der Waals surface area (Å²) in [4.78, 5) is 26.1. The smallest absolute Gasteiger partial charge is 0.330 e. The normalized spacial score (nSPS) is 12.2. The molecule has 0 radical (unpaired) electrons. The van der Waals surface area contributed by atoms with E-state index in [2.05, 4.69) is 0 Å². The van der Waals surface area contributed by atoms with Gasteiger partial charge in [-0.25, -0.2) is 9.59 Å². The number of hydrogen-bond acceptors (Lipinski definition) is 10. The Hall–Kier alpha value is -5.90. The van der Waals surface area contributed by atoms with Crippen molar-refractivity contribution in [1.82, 2.24) is 0 Å². The molecule has 4 rings (SSSR count). The molecule has 0 saturated heterocycles. The van der Waals surface area contributed by atoms with Gasteiger partial charge in [0, 0.05) is 24.0 Å². The van der Waals surface area contributed by atoms with E-state index in [1.165, 1.54) is 12.2 Å². The lowest BCUT2D eigenvalue weighted by Crippen LogP contribution is -2.30. The number of benzene rings is 4. The fourth-order valence-corrected chi connectivity index (χ4v) is 5.64. The van der Waals surface area contributed by atoms with E-state index < -0.39 is 11.9 Å². The number of ether oxygens (including phenoxy) is 8. The average molecular weight is 711 g/mol. The van der Waals surface area contributed by atoms with Crippen molar-refractivity contribution in [2.45, 2.75) is 12.8 Å². The van der Waals surface area contributed by atoms with Gasteiger partial charge in [-0.1, -0.05) is 36.4 Å². The maximum absolute atomic E-state index is 13.1. The molecule has 4 aromatic rings. The molecular weight excluding hydrogens is 664 g/mol. The summed E-state index contributed by atoms with van der Waals surface area (Å²) in [6, 6.07) is 26.0. The zero-order valence-electron chi connectivity index (χ0n) is 30.5. The van der Waals surface area contributed by atoms with Crippen molar-refractivity contribution in [1.29, 1.82) is 0 Å². The summed E-state index contributed by atoms with van der Waals surface area (Å²) < 4.78 is 44.4. The summed E-state index contributed by atoms with van der Waals surface area (Å²) in [5.41, 5.74) is 3.43. The Balaban J connectivity index is 1.63. The zero-order valence-corrected chi connectivity index (χ0v) is 30.5. The third-order valence-corrected chi connectivity index (χ3v) is 8.45. The van der Waals surface area contributed by atoms with Crippen LogP contribution in [0, 0.1) is 11.8 Å². The van der Waals surface area contributed by atoms with Crippen LogP contribution in [0.3, 0.4) is 0 Å². The Kier molecular flexibility index (Phi) is 15.0. The van der Waals surface area contributed by atoms with Crippen LogP contribution in [-0.4, -0.2) is 67.8 Å². The van der Waals surface area contributed by atoms with Gasteiger partial charge in [-0.2, -0.15) is 0 Å². The highest BCUT2D eigenvalue weighted by Crippen LogP contribution is 2.33. The van der Waals surface area contributed by atoms with Crippen molar-refractivity contribution in [3.8, 4) is 34.5 Å². The lowest BCUT2D eigenvalue weighted by atomic mass is 9.83. The van der Waals surface area contributed by atoms with Crippen molar-refractivity contribution in [3.05, 3.63) is 119 Å². The van der Waals surface area contributed by atoms with Crippen LogP contribution in [0.15, 0.2) is 97.1 Å². The molecule has 274 valence electrons. The molecule has 10 nitrogen and oxygen atoms in total. The van der Waals surface area contributed by atoms with Crippen LogP contribution < -0.4 is 28.4 Å². The molecule has 52 heavy (non-hydrogen) atoms. The van der Waals surface area contributed by atoms with Gasteiger partial charge in [-0.05, 0) is 95.8 Å². The van der Waals surface area contributed by atoms with Crippen molar-refractivity contribution in [2.75, 3.05) is 55.9 Å². The molecule has 0 bridgehead atoms. The van der Waals surface area contributed by atoms with Crippen LogP contribution in [0.25, 0.3) is 12.2 Å². The number of esters is 2. The van der Waals surface area contributed by atoms with Crippen LogP contribution in [0.2, 0.25) is 0 Å². The first-order valence-corrected chi connectivity index (χ1v) is 16.7. The van der Waals surface area contributed by atoms with Gasteiger partial charge >= 0.3 is 11.9 Å². The minimum absolute atomic E-state index is 0.0464. The van der Waals surface area contributed by atoms with E-state index in [0.29, 0.717) is 47.3 Å². The van der Waals surface area contributed by atoms with Crippen molar-refractivity contribution in [2.24, 2.45) is 11.8 Å². The van der Waals surface area contributed by atoms with Crippen LogP contribution in [0.5, 0.6) is 34.5 Å². The molecule has 0 N–H and O–H groups in total.